The van der Waals surface area contributed by atoms with Crippen molar-refractivity contribution in [2.75, 3.05) is 26.7 Å². The van der Waals surface area contributed by atoms with Crippen molar-refractivity contribution in [2.24, 2.45) is 0 Å². The van der Waals surface area contributed by atoms with Gasteiger partial charge in [0.05, 0.1) is 0 Å². The van der Waals surface area contributed by atoms with Gasteiger partial charge in [-0.15, -0.1) is 0 Å². The Bertz CT molecular complexity index is 367. The molecule has 100 valence electrons. The molecule has 0 amide bonds. The van der Waals surface area contributed by atoms with E-state index in [0.717, 1.165) is 32.5 Å². The molecule has 1 aromatic rings. The normalized spacial score (nSPS) is 18.2. The number of hydrogen-bond acceptors (Lipinski definition) is 2. The monoisotopic (exact) mass is 254 g/mol. The lowest BCUT2D eigenvalue weighted by Gasteiger charge is -2.31. The van der Waals surface area contributed by atoms with E-state index < -0.39 is 11.6 Å². The summed E-state index contributed by atoms with van der Waals surface area (Å²) in [4.78, 5) is 2.28. The summed E-state index contributed by atoms with van der Waals surface area (Å²) >= 11 is 0. The second-order valence-corrected chi connectivity index (χ2v) is 4.85. The quantitative estimate of drug-likeness (QED) is 0.886. The Labute approximate surface area is 107 Å². The van der Waals surface area contributed by atoms with Crippen LogP contribution >= 0.6 is 0 Å². The van der Waals surface area contributed by atoms with Gasteiger partial charge >= 0.3 is 0 Å². The number of hydrogen-bond donors (Lipinski definition) is 1. The first-order valence-electron chi connectivity index (χ1n) is 6.53. The molecule has 1 aromatic carbocycles. The van der Waals surface area contributed by atoms with Gasteiger partial charge < -0.3 is 10.2 Å². The Morgan fingerprint density at radius 1 is 1.22 bits per heavy atom. The van der Waals surface area contributed by atoms with Crippen LogP contribution in [0.5, 0.6) is 0 Å². The van der Waals surface area contributed by atoms with Crippen LogP contribution in [0.4, 0.5) is 8.78 Å². The van der Waals surface area contributed by atoms with Crippen molar-refractivity contribution >= 4 is 0 Å². The highest BCUT2D eigenvalue weighted by atomic mass is 19.1. The van der Waals surface area contributed by atoms with E-state index in [4.69, 9.17) is 0 Å². The highest BCUT2D eigenvalue weighted by Crippen LogP contribution is 2.15. The maximum absolute atomic E-state index is 13.5. The van der Waals surface area contributed by atoms with Crippen molar-refractivity contribution in [1.29, 1.82) is 0 Å². The fourth-order valence-electron chi connectivity index (χ4n) is 2.49. The zero-order valence-electron chi connectivity index (χ0n) is 10.8. The van der Waals surface area contributed by atoms with Crippen LogP contribution in [-0.4, -0.2) is 37.6 Å². The Kier molecular flexibility index (Phi) is 4.66. The number of nitrogens with one attached hydrogen (secondary N) is 1. The molecule has 0 spiro atoms. The summed E-state index contributed by atoms with van der Waals surface area (Å²) in [5, 5.41) is 3.27. The fraction of sp³-hybridized carbons (Fsp3) is 0.571. The summed E-state index contributed by atoms with van der Waals surface area (Å²) < 4.78 is 26.9. The van der Waals surface area contributed by atoms with Crippen molar-refractivity contribution in [3.05, 3.63) is 35.4 Å². The Morgan fingerprint density at radius 3 is 2.39 bits per heavy atom. The molecule has 0 atom stereocenters. The fourth-order valence-corrected chi connectivity index (χ4v) is 2.49. The molecule has 1 heterocycles. The van der Waals surface area contributed by atoms with Crippen LogP contribution in [0.2, 0.25) is 0 Å². The second-order valence-electron chi connectivity index (χ2n) is 4.85. The molecule has 0 radical (unpaired) electrons. The highest BCUT2D eigenvalue weighted by molar-refractivity contribution is 5.19. The predicted molar refractivity (Wildman–Crippen MR) is 68.6 cm³/mol. The second kappa shape index (κ2) is 6.25. The molecule has 0 aromatic heterocycles. The minimum absolute atomic E-state index is 0.216. The first kappa shape index (κ1) is 13.4. The summed E-state index contributed by atoms with van der Waals surface area (Å²) in [5.41, 5.74) is 0.216. The van der Waals surface area contributed by atoms with Crippen LogP contribution < -0.4 is 5.32 Å². The molecule has 0 bridgehead atoms. The maximum atomic E-state index is 13.5. The van der Waals surface area contributed by atoms with Crippen molar-refractivity contribution in [3.63, 3.8) is 0 Å². The number of piperidine rings is 1. The number of nitrogens with zero attached hydrogens (tertiary/aromatic N) is 1. The van der Waals surface area contributed by atoms with E-state index in [-0.39, 0.29) is 5.56 Å². The van der Waals surface area contributed by atoms with Gasteiger partial charge in [-0.1, -0.05) is 6.07 Å². The Balaban J connectivity index is 1.85. The molecule has 1 aliphatic rings. The standard InChI is InChI=1S/C14H20F2N2/c1-17-11-5-8-18(9-6-11)10-7-12-13(15)3-2-4-14(12)16/h2-4,11,17H,5-10H2,1H3. The first-order valence-corrected chi connectivity index (χ1v) is 6.53. The predicted octanol–water partition coefficient (Wildman–Crippen LogP) is 2.19. The summed E-state index contributed by atoms with van der Waals surface area (Å²) in [6.45, 7) is 2.73. The van der Waals surface area contributed by atoms with Crippen molar-refractivity contribution < 1.29 is 8.78 Å². The van der Waals surface area contributed by atoms with Gasteiger partial charge in [0.1, 0.15) is 11.6 Å². The molecular formula is C14H20F2N2. The maximum Gasteiger partial charge on any atom is 0.129 e. The van der Waals surface area contributed by atoms with Crippen molar-refractivity contribution in [1.82, 2.24) is 10.2 Å². The van der Waals surface area contributed by atoms with E-state index in [1.165, 1.54) is 18.2 Å². The van der Waals surface area contributed by atoms with Gasteiger partial charge in [-0.3, -0.25) is 0 Å². The van der Waals surface area contributed by atoms with Gasteiger partial charge in [0.2, 0.25) is 0 Å². The largest absolute Gasteiger partial charge is 0.317 e. The van der Waals surface area contributed by atoms with Gasteiger partial charge in [0, 0.05) is 18.2 Å². The molecular weight excluding hydrogens is 234 g/mol. The lowest BCUT2D eigenvalue weighted by atomic mass is 10.0. The Morgan fingerprint density at radius 2 is 1.83 bits per heavy atom. The zero-order chi connectivity index (χ0) is 13.0. The molecule has 2 rings (SSSR count). The smallest absolute Gasteiger partial charge is 0.129 e. The summed E-state index contributed by atoms with van der Waals surface area (Å²) in [5.74, 6) is -0.861. The molecule has 18 heavy (non-hydrogen) atoms. The summed E-state index contributed by atoms with van der Waals surface area (Å²) in [7, 11) is 1.98. The van der Waals surface area contributed by atoms with E-state index in [1.807, 2.05) is 7.05 Å². The zero-order valence-corrected chi connectivity index (χ0v) is 10.8. The summed E-state index contributed by atoms with van der Waals surface area (Å²) in [6, 6.07) is 4.65. The summed E-state index contributed by atoms with van der Waals surface area (Å²) in [6.07, 6.45) is 2.66. The average Bonchev–Trinajstić information content (AvgIpc) is 2.39. The van der Waals surface area contributed by atoms with Crippen LogP contribution in [0.3, 0.4) is 0 Å². The third kappa shape index (κ3) is 3.27. The molecule has 0 aliphatic carbocycles. The van der Waals surface area contributed by atoms with E-state index >= 15 is 0 Å². The van der Waals surface area contributed by atoms with E-state index in [9.17, 15) is 8.78 Å². The van der Waals surface area contributed by atoms with Crippen LogP contribution in [0.15, 0.2) is 18.2 Å². The molecule has 1 N–H and O–H groups in total. The van der Waals surface area contributed by atoms with Gasteiger partial charge in [-0.25, -0.2) is 8.78 Å². The number of halogens is 2. The minimum Gasteiger partial charge on any atom is -0.317 e. The minimum atomic E-state index is -0.430. The van der Waals surface area contributed by atoms with Crippen LogP contribution in [0.25, 0.3) is 0 Å². The SMILES string of the molecule is CNC1CCN(CCc2c(F)cccc2F)CC1. The third-order valence-corrected chi connectivity index (χ3v) is 3.74. The molecule has 1 aliphatic heterocycles. The molecule has 4 heteroatoms. The average molecular weight is 254 g/mol. The van der Waals surface area contributed by atoms with Gasteiger partial charge in [0.25, 0.3) is 0 Å². The topological polar surface area (TPSA) is 15.3 Å². The molecule has 0 unspecified atom stereocenters. The third-order valence-electron chi connectivity index (χ3n) is 3.74. The van der Waals surface area contributed by atoms with Crippen molar-refractivity contribution in [3.8, 4) is 0 Å². The van der Waals surface area contributed by atoms with E-state index in [1.54, 1.807) is 0 Å². The molecule has 1 saturated heterocycles. The van der Waals surface area contributed by atoms with Crippen LogP contribution in [-0.2, 0) is 6.42 Å². The van der Waals surface area contributed by atoms with Gasteiger partial charge in [-0.2, -0.15) is 0 Å². The number of benzene rings is 1. The Hall–Kier alpha value is -1.00. The molecule has 2 nitrogen and oxygen atoms in total. The first-order chi connectivity index (χ1) is 8.70. The van der Waals surface area contributed by atoms with Crippen LogP contribution in [0, 0.1) is 11.6 Å². The number of likely N-dealkylation sites (tertiary alicyclic amines) is 1. The highest BCUT2D eigenvalue weighted by Gasteiger charge is 2.18. The van der Waals surface area contributed by atoms with Gasteiger partial charge in [-0.05, 0) is 51.5 Å². The molecule has 0 saturated carbocycles. The lowest BCUT2D eigenvalue weighted by Crippen LogP contribution is -2.41. The van der Waals surface area contributed by atoms with Crippen LogP contribution in [0.1, 0.15) is 18.4 Å². The van der Waals surface area contributed by atoms with E-state index in [0.29, 0.717) is 12.5 Å². The number of rotatable bonds is 4. The lowest BCUT2D eigenvalue weighted by molar-refractivity contribution is 0.203. The van der Waals surface area contributed by atoms with Crippen molar-refractivity contribution in [2.45, 2.75) is 25.3 Å². The molecule has 1 fully saturated rings. The van der Waals surface area contributed by atoms with E-state index in [2.05, 4.69) is 10.2 Å². The van der Waals surface area contributed by atoms with Gasteiger partial charge in [0.15, 0.2) is 0 Å².